The molecule has 3 aromatic carbocycles. The first-order chi connectivity index (χ1) is 11.9. The summed E-state index contributed by atoms with van der Waals surface area (Å²) in [7, 11) is 0. The van der Waals surface area contributed by atoms with Crippen molar-refractivity contribution in [2.24, 2.45) is 0 Å². The van der Waals surface area contributed by atoms with Crippen LogP contribution in [0.3, 0.4) is 0 Å². The van der Waals surface area contributed by atoms with Gasteiger partial charge in [-0.15, -0.1) is 0 Å². The minimum Gasteiger partial charge on any atom is -0.265 e. The Bertz CT molecular complexity index is 937. The summed E-state index contributed by atoms with van der Waals surface area (Å²) in [5.74, 6) is 0. The summed E-state index contributed by atoms with van der Waals surface area (Å²) in [4.78, 5) is 3.78. The van der Waals surface area contributed by atoms with Crippen LogP contribution >= 0.6 is 0 Å². The van der Waals surface area contributed by atoms with E-state index in [1.165, 1.54) is 47.2 Å². The van der Waals surface area contributed by atoms with Crippen LogP contribution in [0.25, 0.3) is 21.5 Å². The monoisotopic (exact) mass is 386 g/mol. The molecule has 1 aliphatic carbocycles. The number of aromatic nitrogens is 1. The van der Waals surface area contributed by atoms with Gasteiger partial charge in [-0.25, -0.2) is 0 Å². The fourth-order valence-corrected chi connectivity index (χ4v) is 3.66. The summed E-state index contributed by atoms with van der Waals surface area (Å²) in [5.41, 5.74) is 3.17. The van der Waals surface area contributed by atoms with Gasteiger partial charge in [0.2, 0.25) is 0 Å². The zero-order valence-corrected chi connectivity index (χ0v) is 16.1. The maximum Gasteiger partial charge on any atom is 0.0267 e. The standard InChI is InChI=1S/C18H16.C5H5N.As/c1-3-7-15-13(5-1)9-11-18-16-8-4-2-6-14(16)10-12-17(15)18;1-2-4-6-5-3-1;/h1,3,5,7,9-12H,2,4,6,8H2;1-5H;. The smallest absolute Gasteiger partial charge is 0.0267 e. The van der Waals surface area contributed by atoms with Gasteiger partial charge < -0.3 is 0 Å². The van der Waals surface area contributed by atoms with Crippen molar-refractivity contribution < 1.29 is 0 Å². The van der Waals surface area contributed by atoms with Crippen molar-refractivity contribution in [3.8, 4) is 0 Å². The molecule has 0 bridgehead atoms. The van der Waals surface area contributed by atoms with Crippen molar-refractivity contribution in [1.29, 1.82) is 0 Å². The molecule has 1 nitrogen and oxygen atoms in total. The molecule has 0 amide bonds. The van der Waals surface area contributed by atoms with E-state index in [2.05, 4.69) is 53.5 Å². The third-order valence-corrected chi connectivity index (χ3v) is 4.82. The summed E-state index contributed by atoms with van der Waals surface area (Å²) in [6, 6.07) is 23.7. The van der Waals surface area contributed by atoms with Gasteiger partial charge in [-0.05, 0) is 70.5 Å². The molecule has 0 unspecified atom stereocenters. The van der Waals surface area contributed by atoms with Crippen LogP contribution in [-0.2, 0) is 12.8 Å². The van der Waals surface area contributed by atoms with E-state index in [0.717, 1.165) is 0 Å². The quantitative estimate of drug-likeness (QED) is 0.284. The molecule has 0 saturated heterocycles. The fourth-order valence-electron chi connectivity index (χ4n) is 3.66. The van der Waals surface area contributed by atoms with Gasteiger partial charge in [0.25, 0.3) is 0 Å². The maximum atomic E-state index is 3.78. The van der Waals surface area contributed by atoms with Crippen molar-refractivity contribution in [2.75, 3.05) is 0 Å². The van der Waals surface area contributed by atoms with Crippen LogP contribution in [-0.4, -0.2) is 22.9 Å². The molecule has 0 spiro atoms. The zero-order chi connectivity index (χ0) is 16.2. The molecule has 25 heavy (non-hydrogen) atoms. The van der Waals surface area contributed by atoms with Crippen LogP contribution in [0, 0.1) is 0 Å². The van der Waals surface area contributed by atoms with Crippen molar-refractivity contribution in [3.63, 3.8) is 0 Å². The van der Waals surface area contributed by atoms with E-state index in [9.17, 15) is 0 Å². The number of fused-ring (bicyclic) bond motifs is 5. The van der Waals surface area contributed by atoms with E-state index in [0.29, 0.717) is 0 Å². The fraction of sp³-hybridized carbons (Fsp3) is 0.174. The first-order valence-electron chi connectivity index (χ1n) is 8.71. The van der Waals surface area contributed by atoms with Crippen LogP contribution in [0.5, 0.6) is 0 Å². The Morgan fingerprint density at radius 3 is 2.12 bits per heavy atom. The molecule has 1 heterocycles. The molecular formula is C23H21AsN. The summed E-state index contributed by atoms with van der Waals surface area (Å²) < 4.78 is 0. The summed E-state index contributed by atoms with van der Waals surface area (Å²) in [6.07, 6.45) is 8.72. The Labute approximate surface area is 160 Å². The molecule has 0 saturated carbocycles. The minimum absolute atomic E-state index is 0. The van der Waals surface area contributed by atoms with E-state index in [-0.39, 0.29) is 18.0 Å². The van der Waals surface area contributed by atoms with Gasteiger partial charge in [0.1, 0.15) is 0 Å². The van der Waals surface area contributed by atoms with Crippen molar-refractivity contribution >= 4 is 39.5 Å². The van der Waals surface area contributed by atoms with E-state index < -0.39 is 0 Å². The van der Waals surface area contributed by atoms with Gasteiger partial charge in [0.15, 0.2) is 0 Å². The molecular weight excluding hydrogens is 365 g/mol. The first kappa shape index (κ1) is 17.7. The zero-order valence-electron chi connectivity index (χ0n) is 14.2. The number of nitrogens with zero attached hydrogens (tertiary/aromatic N) is 1. The third-order valence-electron chi connectivity index (χ3n) is 4.82. The predicted octanol–water partition coefficient (Wildman–Crippen LogP) is 5.57. The minimum atomic E-state index is 0. The Balaban J connectivity index is 0.000000224. The van der Waals surface area contributed by atoms with E-state index in [1.807, 2.05) is 18.2 Å². The van der Waals surface area contributed by atoms with Crippen molar-refractivity contribution in [1.82, 2.24) is 4.98 Å². The summed E-state index contributed by atoms with van der Waals surface area (Å²) in [6.45, 7) is 0. The normalized spacial score (nSPS) is 12.6. The second kappa shape index (κ2) is 8.32. The second-order valence-corrected chi connectivity index (χ2v) is 6.32. The number of hydrogen-bond acceptors (Lipinski definition) is 1. The molecule has 3 radical (unpaired) electrons. The van der Waals surface area contributed by atoms with Crippen molar-refractivity contribution in [3.05, 3.63) is 90.3 Å². The van der Waals surface area contributed by atoms with Crippen molar-refractivity contribution in [2.45, 2.75) is 25.7 Å². The predicted molar refractivity (Wildman–Crippen MR) is 108 cm³/mol. The third kappa shape index (κ3) is 3.78. The van der Waals surface area contributed by atoms with Gasteiger partial charge in [-0.2, -0.15) is 0 Å². The molecule has 1 aromatic heterocycles. The number of rotatable bonds is 0. The average Bonchev–Trinajstić information content (AvgIpc) is 2.69. The maximum absolute atomic E-state index is 3.78. The molecule has 1 aliphatic rings. The van der Waals surface area contributed by atoms with Crippen LogP contribution in [0.4, 0.5) is 0 Å². The van der Waals surface area contributed by atoms with Gasteiger partial charge in [-0.3, -0.25) is 4.98 Å². The summed E-state index contributed by atoms with van der Waals surface area (Å²) >= 11 is 0. The molecule has 0 fully saturated rings. The number of benzene rings is 3. The molecule has 123 valence electrons. The topological polar surface area (TPSA) is 12.9 Å². The Kier molecular flexibility index (Phi) is 5.89. The van der Waals surface area contributed by atoms with E-state index in [1.54, 1.807) is 23.5 Å². The van der Waals surface area contributed by atoms with Gasteiger partial charge >= 0.3 is 0 Å². The Morgan fingerprint density at radius 1 is 0.600 bits per heavy atom. The number of aryl methyl sites for hydroxylation is 2. The molecule has 4 aromatic rings. The molecule has 5 rings (SSSR count). The Morgan fingerprint density at radius 2 is 1.36 bits per heavy atom. The van der Waals surface area contributed by atoms with Crippen LogP contribution in [0.2, 0.25) is 0 Å². The molecule has 2 heteroatoms. The SMILES string of the molecule is [As].c1ccc2c(c1)ccc1c3c(ccc12)CCCC3.c1ccncc1. The first-order valence-corrected chi connectivity index (χ1v) is 8.71. The molecule has 0 aliphatic heterocycles. The van der Waals surface area contributed by atoms with Gasteiger partial charge in [0, 0.05) is 30.3 Å². The van der Waals surface area contributed by atoms with Crippen LogP contribution in [0.1, 0.15) is 24.0 Å². The average molecular weight is 386 g/mol. The van der Waals surface area contributed by atoms with E-state index >= 15 is 0 Å². The van der Waals surface area contributed by atoms with E-state index in [4.69, 9.17) is 0 Å². The largest absolute Gasteiger partial charge is 0.265 e. The van der Waals surface area contributed by atoms with Gasteiger partial charge in [0.05, 0.1) is 0 Å². The Hall–Kier alpha value is -2.11. The number of pyridine rings is 1. The summed E-state index contributed by atoms with van der Waals surface area (Å²) in [5, 5.41) is 5.64. The van der Waals surface area contributed by atoms with Crippen LogP contribution < -0.4 is 0 Å². The van der Waals surface area contributed by atoms with Gasteiger partial charge in [-0.1, -0.05) is 54.6 Å². The second-order valence-electron chi connectivity index (χ2n) is 6.32. The van der Waals surface area contributed by atoms with Crippen LogP contribution in [0.15, 0.2) is 79.1 Å². The molecule has 0 N–H and O–H groups in total. The number of hydrogen-bond donors (Lipinski definition) is 0. The molecule has 0 atom stereocenters.